The van der Waals surface area contributed by atoms with E-state index in [2.05, 4.69) is 235 Å². The van der Waals surface area contributed by atoms with Gasteiger partial charge in [0.2, 0.25) is 13.1 Å². The van der Waals surface area contributed by atoms with Gasteiger partial charge >= 0.3 is 0 Å². The Bertz CT molecular complexity index is 2700. The molecule has 0 N–H and O–H groups in total. The first-order valence-corrected chi connectivity index (χ1v) is 21.6. The molecule has 17 aliphatic rings. The van der Waals surface area contributed by atoms with Crippen molar-refractivity contribution in [3.8, 4) is 58.1 Å². The van der Waals surface area contributed by atoms with Crippen LogP contribution in [0.2, 0.25) is 0 Å². The van der Waals surface area contributed by atoms with Crippen LogP contribution in [0, 0.1) is 24.7 Å². The van der Waals surface area contributed by atoms with E-state index in [1.165, 1.54) is 33.4 Å². The lowest BCUT2D eigenvalue weighted by Crippen LogP contribution is -2.63. The van der Waals surface area contributed by atoms with Crippen molar-refractivity contribution >= 4 is 0 Å². The lowest BCUT2D eigenvalue weighted by molar-refractivity contribution is -0.824. The smallest absolute Gasteiger partial charge is 0.201 e. The van der Waals surface area contributed by atoms with Gasteiger partial charge in [-0.05, 0) is 33.4 Å². The molecule has 18 bridgehead atoms. The van der Waals surface area contributed by atoms with E-state index < -0.39 is 11.1 Å². The molecule has 6 heteroatoms. The fourth-order valence-electron chi connectivity index (χ4n) is 9.60. The zero-order valence-electron chi connectivity index (χ0n) is 35.0. The second kappa shape index (κ2) is 16.5. The van der Waals surface area contributed by atoms with Crippen LogP contribution in [0.3, 0.4) is 0 Å². The highest BCUT2D eigenvalue weighted by Gasteiger charge is 2.47. The Labute approximate surface area is 365 Å². The van der Waals surface area contributed by atoms with E-state index >= 15 is 0 Å². The Morgan fingerprint density at radius 2 is 0.629 bits per heavy atom. The number of hydrogen-bond donors (Lipinski definition) is 0. The minimum absolute atomic E-state index is 0.466. The van der Waals surface area contributed by atoms with E-state index in [9.17, 15) is 0 Å². The maximum atomic E-state index is 6.06. The Hall–Kier alpha value is -7.54. The molecule has 0 spiro atoms. The molecule has 23 heterocycles. The van der Waals surface area contributed by atoms with Crippen molar-refractivity contribution in [1.82, 2.24) is 0 Å². The fourth-order valence-corrected chi connectivity index (χ4v) is 9.60. The number of nitrogens with zero attached hydrogens (tertiary/aromatic N) is 6. The highest BCUT2D eigenvalue weighted by Crippen LogP contribution is 2.31. The van der Waals surface area contributed by atoms with Gasteiger partial charge < -0.3 is 0 Å². The summed E-state index contributed by atoms with van der Waals surface area (Å²) >= 11 is 0. The van der Waals surface area contributed by atoms with Gasteiger partial charge in [0.15, 0.2) is 87.5 Å². The third kappa shape index (κ3) is 7.46. The summed E-state index contributed by atoms with van der Waals surface area (Å²) < 4.78 is 13.9. The molecule has 0 aliphatic carbocycles. The quantitative estimate of drug-likeness (QED) is 0.137. The lowest BCUT2D eigenvalue weighted by Gasteiger charge is -2.27. The predicted molar refractivity (Wildman–Crippen MR) is 238 cm³/mol. The summed E-state index contributed by atoms with van der Waals surface area (Å²) in [5.41, 5.74) is 11.0. The standard InChI is InChI=1S/C56H50N6/c1-3-5-27-55-43-59-33-19-49(20-34-59)50-21-35-60(36-22-50)44-56(28-6-4-2,62-39-25-52(26-40-62)51-23-37-61(55)38-24-51)54-13-9-46(10-14-54)42-58-31-17-48(18-32-58)47-15-29-57(30-16-47)41-45-7-11-53(55)12-8-45/h1-2,7-26,29-40H,5-6,27-28,41-44H2/q+6. The second-order valence-electron chi connectivity index (χ2n) is 16.9. The molecular weight excluding hydrogens is 757 g/mol. The van der Waals surface area contributed by atoms with Crippen LogP contribution in [0.1, 0.15) is 47.9 Å². The van der Waals surface area contributed by atoms with Gasteiger partial charge in [-0.15, -0.1) is 24.7 Å². The van der Waals surface area contributed by atoms with E-state index in [0.29, 0.717) is 25.9 Å². The van der Waals surface area contributed by atoms with E-state index in [4.69, 9.17) is 12.8 Å². The Balaban J connectivity index is 1.19. The normalized spacial score (nSPS) is 17.5. The number of rotatable bonds is 4. The zero-order chi connectivity index (χ0) is 41.9. The van der Waals surface area contributed by atoms with Crippen molar-refractivity contribution in [2.75, 3.05) is 0 Å². The van der Waals surface area contributed by atoms with Crippen molar-refractivity contribution in [1.29, 1.82) is 0 Å². The molecule has 298 valence electrons. The van der Waals surface area contributed by atoms with Crippen LogP contribution >= 0.6 is 0 Å². The van der Waals surface area contributed by atoms with Gasteiger partial charge in [0, 0.05) is 121 Å². The first kappa shape index (κ1) is 38.6. The largest absolute Gasteiger partial charge is 0.251 e. The van der Waals surface area contributed by atoms with E-state index in [1.807, 2.05) is 0 Å². The number of pyridine rings is 6. The molecule has 2 aromatic carbocycles. The predicted octanol–water partition coefficient (Wildman–Crippen LogP) is 6.85. The van der Waals surface area contributed by atoms with Crippen LogP contribution in [0.5, 0.6) is 0 Å². The van der Waals surface area contributed by atoms with Crippen LogP contribution in [0.15, 0.2) is 196 Å². The van der Waals surface area contributed by atoms with Crippen LogP contribution in [0.4, 0.5) is 0 Å². The van der Waals surface area contributed by atoms with E-state index in [-0.39, 0.29) is 0 Å². The van der Waals surface area contributed by atoms with Gasteiger partial charge in [0.1, 0.15) is 0 Å². The summed E-state index contributed by atoms with van der Waals surface area (Å²) in [5.74, 6) is 5.97. The summed E-state index contributed by atoms with van der Waals surface area (Å²) in [6.45, 7) is 2.94. The van der Waals surface area contributed by atoms with E-state index in [1.54, 1.807) is 0 Å². The molecule has 0 radical (unpaired) electrons. The number of hydrogen-bond acceptors (Lipinski definition) is 0. The third-order valence-electron chi connectivity index (χ3n) is 13.2. The molecule has 8 aromatic rings. The average Bonchev–Trinajstić information content (AvgIpc) is 3.33. The van der Waals surface area contributed by atoms with Crippen LogP contribution in [-0.2, 0) is 37.3 Å². The molecule has 17 aliphatic heterocycles. The molecule has 6 aromatic heterocycles. The van der Waals surface area contributed by atoms with Crippen LogP contribution < -0.4 is 27.4 Å². The van der Waals surface area contributed by atoms with Gasteiger partial charge in [-0.1, -0.05) is 48.5 Å². The van der Waals surface area contributed by atoms with Crippen molar-refractivity contribution in [3.63, 3.8) is 0 Å². The van der Waals surface area contributed by atoms with Gasteiger partial charge in [-0.3, -0.25) is 0 Å². The molecule has 62 heavy (non-hydrogen) atoms. The van der Waals surface area contributed by atoms with Gasteiger partial charge in [-0.2, -0.15) is 18.3 Å². The first-order chi connectivity index (χ1) is 30.5. The first-order valence-electron chi connectivity index (χ1n) is 21.6. The monoisotopic (exact) mass is 806 g/mol. The van der Waals surface area contributed by atoms with Gasteiger partial charge in [0.25, 0.3) is 11.1 Å². The number of benzene rings is 2. The molecule has 6 nitrogen and oxygen atoms in total. The highest BCUT2D eigenvalue weighted by molar-refractivity contribution is 5.62. The Morgan fingerprint density at radius 3 is 0.919 bits per heavy atom. The second-order valence-corrected chi connectivity index (χ2v) is 16.9. The average molecular weight is 807 g/mol. The Kier molecular flexibility index (Phi) is 10.3. The fraction of sp³-hybridized carbons (Fsp3) is 0.179. The van der Waals surface area contributed by atoms with Crippen molar-refractivity contribution < 1.29 is 27.4 Å². The minimum Gasteiger partial charge on any atom is -0.201 e. The van der Waals surface area contributed by atoms with Crippen LogP contribution in [0.25, 0.3) is 33.4 Å². The molecule has 0 fully saturated rings. The molecule has 0 saturated carbocycles. The van der Waals surface area contributed by atoms with Gasteiger partial charge in [-0.25, -0.2) is 9.13 Å². The topological polar surface area (TPSA) is 23.3 Å². The van der Waals surface area contributed by atoms with Crippen molar-refractivity contribution in [2.45, 2.75) is 62.9 Å². The summed E-state index contributed by atoms with van der Waals surface area (Å²) in [6.07, 6.45) is 41.4. The Morgan fingerprint density at radius 1 is 0.355 bits per heavy atom. The molecular formula is C56H50N6+6. The molecule has 0 amide bonds. The highest BCUT2D eigenvalue weighted by atomic mass is 15.1. The molecule has 2 atom stereocenters. The molecule has 2 unspecified atom stereocenters. The summed E-state index contributed by atoms with van der Waals surface area (Å²) in [7, 11) is 0. The zero-order valence-corrected chi connectivity index (χ0v) is 35.0. The summed E-state index contributed by atoms with van der Waals surface area (Å²) in [4.78, 5) is 0. The van der Waals surface area contributed by atoms with Gasteiger partial charge in [0.05, 0.1) is 0 Å². The summed E-state index contributed by atoms with van der Waals surface area (Å²) in [6, 6.07) is 45.0. The van der Waals surface area contributed by atoms with Crippen LogP contribution in [-0.4, -0.2) is 0 Å². The maximum absolute atomic E-state index is 6.06. The minimum atomic E-state index is -0.466. The van der Waals surface area contributed by atoms with Crippen molar-refractivity contribution in [3.05, 3.63) is 218 Å². The third-order valence-corrected chi connectivity index (χ3v) is 13.2. The summed E-state index contributed by atoms with van der Waals surface area (Å²) in [5, 5.41) is 0. The maximum Gasteiger partial charge on any atom is 0.251 e. The number of terminal acetylenes is 2. The SMILES string of the molecule is C#CCCC12C[n+]3ccc(cc3)-c3cc[n+](cc3)CC(CCC#C)(c3ccc(cc3)C[n+]3ccc(cc3)-c3cc[n+](cc3)Cc3ccc1cc3)[n+]1ccc(cc1)-c1cc[n+]2cc1. The van der Waals surface area contributed by atoms with E-state index in [0.717, 1.165) is 48.2 Å². The molecule has 25 rings (SSSR count). The number of aromatic nitrogens is 6. The lowest BCUT2D eigenvalue weighted by atomic mass is 9.83. The molecule has 0 saturated heterocycles. The van der Waals surface area contributed by atoms with Crippen molar-refractivity contribution in [2.24, 2.45) is 0 Å².